The van der Waals surface area contributed by atoms with E-state index in [1.54, 1.807) is 6.08 Å². The number of aliphatic hydroxyl groups is 1. The molecule has 0 aromatic carbocycles. The zero-order valence-electron chi connectivity index (χ0n) is 39.2. The highest BCUT2D eigenvalue weighted by Crippen LogP contribution is 2.43. The highest BCUT2D eigenvalue weighted by molar-refractivity contribution is 7.47. The maximum Gasteiger partial charge on any atom is 0.472 e. The number of nitrogens with zero attached hydrogens (tertiary/aromatic N) is 1. The lowest BCUT2D eigenvalue weighted by Gasteiger charge is -2.25. The van der Waals surface area contributed by atoms with Crippen LogP contribution in [-0.4, -0.2) is 73.4 Å². The molecule has 3 atom stereocenters. The van der Waals surface area contributed by atoms with Gasteiger partial charge in [0.1, 0.15) is 13.2 Å². The molecule has 0 spiro atoms. The average molecular weight is 852 g/mol. The van der Waals surface area contributed by atoms with E-state index < -0.39 is 20.0 Å². The summed E-state index contributed by atoms with van der Waals surface area (Å²) in [5.74, 6) is -0.195. The highest BCUT2D eigenvalue weighted by atomic mass is 31.2. The first-order chi connectivity index (χ1) is 28.5. The van der Waals surface area contributed by atoms with E-state index in [0.717, 1.165) is 51.4 Å². The molecule has 0 aliphatic heterocycles. The number of hydrogen-bond donors (Lipinski definition) is 3. The molecule has 0 aliphatic carbocycles. The van der Waals surface area contributed by atoms with Crippen LogP contribution >= 0.6 is 7.82 Å². The van der Waals surface area contributed by atoms with Gasteiger partial charge in [-0.2, -0.15) is 0 Å². The largest absolute Gasteiger partial charge is 0.472 e. The fraction of sp³-hybridized carbons (Fsp3) is 0.820. The summed E-state index contributed by atoms with van der Waals surface area (Å²) < 4.78 is 23.5. The lowest BCUT2D eigenvalue weighted by atomic mass is 10.0. The summed E-state index contributed by atoms with van der Waals surface area (Å²) in [6, 6.07) is -0.870. The molecule has 0 fully saturated rings. The zero-order valence-corrected chi connectivity index (χ0v) is 40.1. The Hall–Kier alpha value is -1.54. The molecule has 0 saturated carbocycles. The van der Waals surface area contributed by atoms with E-state index in [-0.39, 0.29) is 19.1 Å². The van der Waals surface area contributed by atoms with Crippen molar-refractivity contribution in [2.75, 3.05) is 40.9 Å². The van der Waals surface area contributed by atoms with Gasteiger partial charge < -0.3 is 19.8 Å². The number of nitrogens with one attached hydrogen (secondary N) is 1. The highest BCUT2D eigenvalue weighted by Gasteiger charge is 2.27. The standard InChI is InChI=1S/C50H95N2O6P/c1-6-8-10-12-14-16-18-20-21-22-23-24-25-26-27-28-29-30-32-34-36-38-40-42-44-50(54)51-48(47-58-59(55,56)57-46-45-52(3,4)5)49(53)43-41-39-37-35-33-31-19-17-15-13-11-9-7-2/h15,17,26-27,33,35,41,43,48-49,53H,6-14,16,18-25,28-32,34,36-40,42,44-47H2,1-5H3,(H-,51,54,55,56)/p+1/b17-15+,27-26-,35-33+,43-41+. The van der Waals surface area contributed by atoms with Gasteiger partial charge in [-0.05, 0) is 70.6 Å². The molecule has 3 N–H and O–H groups in total. The van der Waals surface area contributed by atoms with Crippen LogP contribution in [0.5, 0.6) is 0 Å². The average Bonchev–Trinajstić information content (AvgIpc) is 3.19. The summed E-state index contributed by atoms with van der Waals surface area (Å²) in [5.41, 5.74) is 0. The molecule has 0 bridgehead atoms. The Labute approximate surface area is 365 Å². The number of rotatable bonds is 44. The van der Waals surface area contributed by atoms with Crippen molar-refractivity contribution in [2.24, 2.45) is 0 Å². The van der Waals surface area contributed by atoms with Crippen LogP contribution < -0.4 is 5.32 Å². The molecule has 0 aromatic rings. The number of amides is 1. The Bertz CT molecular complexity index is 1100. The summed E-state index contributed by atoms with van der Waals surface area (Å²) >= 11 is 0. The Kier molecular flexibility index (Phi) is 40.7. The van der Waals surface area contributed by atoms with Crippen LogP contribution in [-0.2, 0) is 18.4 Å². The first kappa shape index (κ1) is 57.5. The molecule has 346 valence electrons. The van der Waals surface area contributed by atoms with Crippen LogP contribution in [0.15, 0.2) is 48.6 Å². The van der Waals surface area contributed by atoms with E-state index in [2.05, 4.69) is 55.6 Å². The van der Waals surface area contributed by atoms with E-state index in [9.17, 15) is 19.4 Å². The van der Waals surface area contributed by atoms with Gasteiger partial charge in [-0.25, -0.2) is 4.57 Å². The molecule has 0 saturated heterocycles. The predicted molar refractivity (Wildman–Crippen MR) is 254 cm³/mol. The molecular formula is C50H96N2O6P+. The molecule has 0 heterocycles. The number of unbranched alkanes of at least 4 members (excludes halogenated alkanes) is 25. The molecule has 8 nitrogen and oxygen atoms in total. The van der Waals surface area contributed by atoms with E-state index in [1.807, 2.05) is 27.2 Å². The van der Waals surface area contributed by atoms with E-state index >= 15 is 0 Å². The smallest absolute Gasteiger partial charge is 0.387 e. The van der Waals surface area contributed by atoms with Gasteiger partial charge in [0.15, 0.2) is 0 Å². The predicted octanol–water partition coefficient (Wildman–Crippen LogP) is 14.0. The maximum atomic E-state index is 12.9. The third-order valence-electron chi connectivity index (χ3n) is 10.7. The van der Waals surface area contributed by atoms with Gasteiger partial charge in [0.25, 0.3) is 0 Å². The fourth-order valence-electron chi connectivity index (χ4n) is 6.83. The van der Waals surface area contributed by atoms with E-state index in [0.29, 0.717) is 17.4 Å². The van der Waals surface area contributed by atoms with Gasteiger partial charge in [-0.15, -0.1) is 0 Å². The van der Waals surface area contributed by atoms with Crippen molar-refractivity contribution in [2.45, 2.75) is 225 Å². The van der Waals surface area contributed by atoms with Crippen LogP contribution in [0.25, 0.3) is 0 Å². The number of carbonyl (C=O) groups is 1. The summed E-state index contributed by atoms with van der Waals surface area (Å²) in [6.07, 6.45) is 53.4. The van der Waals surface area contributed by atoms with Crippen LogP contribution in [0, 0.1) is 0 Å². The third kappa shape index (κ3) is 44.3. The number of hydrogen-bond acceptors (Lipinski definition) is 5. The van der Waals surface area contributed by atoms with Crippen molar-refractivity contribution >= 4 is 13.7 Å². The van der Waals surface area contributed by atoms with Gasteiger partial charge >= 0.3 is 7.82 Å². The SMILES string of the molecule is CCCCC/C=C/CC/C=C/CC/C=C/C(O)C(COP(=O)(O)OCC[N+](C)(C)C)NC(=O)CCCCCCCCCC/C=C\CCCCCCCCCCCCCC. The summed E-state index contributed by atoms with van der Waals surface area (Å²) in [4.78, 5) is 23.1. The fourth-order valence-corrected chi connectivity index (χ4v) is 7.57. The molecule has 0 radical (unpaired) electrons. The third-order valence-corrected chi connectivity index (χ3v) is 11.7. The van der Waals surface area contributed by atoms with Crippen molar-refractivity contribution in [3.05, 3.63) is 48.6 Å². The van der Waals surface area contributed by atoms with Gasteiger partial charge in [0.05, 0.1) is 39.9 Å². The minimum absolute atomic E-state index is 0.0520. The van der Waals surface area contributed by atoms with Gasteiger partial charge in [-0.3, -0.25) is 13.8 Å². The van der Waals surface area contributed by atoms with Crippen LogP contribution in [0.1, 0.15) is 213 Å². The van der Waals surface area contributed by atoms with Crippen LogP contribution in [0.4, 0.5) is 0 Å². The minimum atomic E-state index is -4.35. The number of carbonyl (C=O) groups excluding carboxylic acids is 1. The normalized spacial score (nSPS) is 14.6. The van der Waals surface area contributed by atoms with E-state index in [4.69, 9.17) is 9.05 Å². The van der Waals surface area contributed by atoms with Gasteiger partial charge in [0, 0.05) is 6.42 Å². The second-order valence-electron chi connectivity index (χ2n) is 17.8. The number of phosphoric ester groups is 1. The monoisotopic (exact) mass is 852 g/mol. The summed E-state index contributed by atoms with van der Waals surface area (Å²) in [6.45, 7) is 4.75. The Morgan fingerprint density at radius 3 is 1.39 bits per heavy atom. The van der Waals surface area contributed by atoms with Crippen molar-refractivity contribution in [3.8, 4) is 0 Å². The van der Waals surface area contributed by atoms with Crippen molar-refractivity contribution in [1.29, 1.82) is 0 Å². The summed E-state index contributed by atoms with van der Waals surface area (Å²) in [7, 11) is 1.54. The molecular weight excluding hydrogens is 756 g/mol. The number of allylic oxidation sites excluding steroid dienone is 7. The zero-order chi connectivity index (χ0) is 43.6. The first-order valence-electron chi connectivity index (χ1n) is 24.5. The second-order valence-corrected chi connectivity index (χ2v) is 19.3. The number of phosphoric acid groups is 1. The van der Waals surface area contributed by atoms with Crippen molar-refractivity contribution in [1.82, 2.24) is 5.32 Å². The van der Waals surface area contributed by atoms with Crippen LogP contribution in [0.3, 0.4) is 0 Å². The van der Waals surface area contributed by atoms with Crippen LogP contribution in [0.2, 0.25) is 0 Å². The molecule has 0 aliphatic rings. The Morgan fingerprint density at radius 1 is 0.559 bits per heavy atom. The van der Waals surface area contributed by atoms with E-state index in [1.165, 1.54) is 141 Å². The number of aliphatic hydroxyl groups excluding tert-OH is 1. The lowest BCUT2D eigenvalue weighted by Crippen LogP contribution is -2.45. The molecule has 59 heavy (non-hydrogen) atoms. The molecule has 1 amide bonds. The molecule has 3 unspecified atom stereocenters. The van der Waals surface area contributed by atoms with Crippen molar-refractivity contribution in [3.63, 3.8) is 0 Å². The molecule has 0 aromatic heterocycles. The first-order valence-corrected chi connectivity index (χ1v) is 26.0. The minimum Gasteiger partial charge on any atom is -0.387 e. The topological polar surface area (TPSA) is 105 Å². The quantitative estimate of drug-likeness (QED) is 0.0244. The number of quaternary nitrogens is 1. The molecule has 9 heteroatoms. The lowest BCUT2D eigenvalue weighted by molar-refractivity contribution is -0.870. The Morgan fingerprint density at radius 2 is 0.932 bits per heavy atom. The van der Waals surface area contributed by atoms with Gasteiger partial charge in [-0.1, -0.05) is 184 Å². The van der Waals surface area contributed by atoms with Crippen molar-refractivity contribution < 1.29 is 32.9 Å². The summed E-state index contributed by atoms with van der Waals surface area (Å²) in [5, 5.41) is 13.8. The number of likely N-dealkylation sites (N-methyl/N-ethyl adjacent to an activating group) is 1. The maximum absolute atomic E-state index is 12.9. The Balaban J connectivity index is 4.29. The van der Waals surface area contributed by atoms with Gasteiger partial charge in [0.2, 0.25) is 5.91 Å². The second kappa shape index (κ2) is 41.8. The molecule has 0 rings (SSSR count).